The van der Waals surface area contributed by atoms with E-state index in [1.54, 1.807) is 7.11 Å². The van der Waals surface area contributed by atoms with Gasteiger partial charge in [0.25, 0.3) is 0 Å². The Hall–Kier alpha value is -1.84. The number of hydrogen-bond acceptors (Lipinski definition) is 3. The molecule has 0 radical (unpaired) electrons. The number of nitrogens with one attached hydrogen (secondary N) is 1. The highest BCUT2D eigenvalue weighted by atomic mass is 16.5. The van der Waals surface area contributed by atoms with Gasteiger partial charge in [0.15, 0.2) is 0 Å². The second kappa shape index (κ2) is 8.45. The lowest BCUT2D eigenvalue weighted by Gasteiger charge is -2.12. The van der Waals surface area contributed by atoms with Crippen LogP contribution in [0.3, 0.4) is 0 Å². The Morgan fingerprint density at radius 1 is 1.00 bits per heavy atom. The zero-order chi connectivity index (χ0) is 14.9. The molecule has 0 saturated carbocycles. The smallest absolute Gasteiger partial charge is 0.124 e. The summed E-state index contributed by atoms with van der Waals surface area (Å²) in [6.07, 6.45) is 0. The fourth-order valence-electron chi connectivity index (χ4n) is 2.03. The molecule has 2 aromatic carbocycles. The van der Waals surface area contributed by atoms with Gasteiger partial charge in [0.2, 0.25) is 0 Å². The van der Waals surface area contributed by atoms with E-state index >= 15 is 0 Å². The zero-order valence-corrected chi connectivity index (χ0v) is 12.8. The summed E-state index contributed by atoms with van der Waals surface area (Å²) < 4.78 is 11.0. The molecule has 0 aliphatic rings. The van der Waals surface area contributed by atoms with Crippen LogP contribution in [0.1, 0.15) is 16.7 Å². The first-order valence-corrected chi connectivity index (χ1v) is 7.25. The molecule has 21 heavy (non-hydrogen) atoms. The van der Waals surface area contributed by atoms with E-state index in [4.69, 9.17) is 9.47 Å². The molecule has 0 bridgehead atoms. The molecule has 0 aromatic heterocycles. The maximum Gasteiger partial charge on any atom is 0.124 e. The Morgan fingerprint density at radius 3 is 2.52 bits per heavy atom. The minimum atomic E-state index is 0.593. The first-order valence-electron chi connectivity index (χ1n) is 7.25. The molecular weight excluding hydrogens is 262 g/mol. The SMILES string of the molecule is COCCNCc1ccccc1OCc1ccc(C)cc1. The van der Waals surface area contributed by atoms with Gasteiger partial charge < -0.3 is 14.8 Å². The average molecular weight is 285 g/mol. The second-order valence-corrected chi connectivity index (χ2v) is 5.05. The molecule has 0 spiro atoms. The second-order valence-electron chi connectivity index (χ2n) is 5.05. The summed E-state index contributed by atoms with van der Waals surface area (Å²) in [5, 5.41) is 3.34. The van der Waals surface area contributed by atoms with Gasteiger partial charge in [0, 0.05) is 25.8 Å². The largest absolute Gasteiger partial charge is 0.489 e. The molecule has 2 aromatic rings. The molecule has 2 rings (SSSR count). The van der Waals surface area contributed by atoms with E-state index in [2.05, 4.69) is 42.6 Å². The number of hydrogen-bond donors (Lipinski definition) is 1. The molecule has 0 saturated heterocycles. The predicted molar refractivity (Wildman–Crippen MR) is 85.5 cm³/mol. The third kappa shape index (κ3) is 5.21. The molecule has 0 heterocycles. The van der Waals surface area contributed by atoms with E-state index in [0.717, 1.165) is 18.8 Å². The van der Waals surface area contributed by atoms with Gasteiger partial charge in [-0.1, -0.05) is 48.0 Å². The normalized spacial score (nSPS) is 10.6. The molecule has 3 heteroatoms. The Kier molecular flexibility index (Phi) is 6.25. The molecule has 0 unspecified atom stereocenters. The topological polar surface area (TPSA) is 30.5 Å². The van der Waals surface area contributed by atoms with E-state index in [1.165, 1.54) is 16.7 Å². The minimum Gasteiger partial charge on any atom is -0.489 e. The number of methoxy groups -OCH3 is 1. The number of benzene rings is 2. The van der Waals surface area contributed by atoms with Gasteiger partial charge in [-0.3, -0.25) is 0 Å². The van der Waals surface area contributed by atoms with Crippen LogP contribution in [-0.4, -0.2) is 20.3 Å². The maximum absolute atomic E-state index is 5.95. The van der Waals surface area contributed by atoms with Gasteiger partial charge in [0.1, 0.15) is 12.4 Å². The standard InChI is InChI=1S/C18H23NO2/c1-15-7-9-16(10-8-15)14-21-18-6-4-3-5-17(18)13-19-11-12-20-2/h3-10,19H,11-14H2,1-2H3. The fourth-order valence-corrected chi connectivity index (χ4v) is 2.03. The highest BCUT2D eigenvalue weighted by Gasteiger charge is 2.03. The molecule has 0 amide bonds. The van der Waals surface area contributed by atoms with Crippen LogP contribution in [0.4, 0.5) is 0 Å². The van der Waals surface area contributed by atoms with E-state index in [-0.39, 0.29) is 0 Å². The number of para-hydroxylation sites is 1. The molecule has 112 valence electrons. The van der Waals surface area contributed by atoms with Gasteiger partial charge >= 0.3 is 0 Å². The van der Waals surface area contributed by atoms with Gasteiger partial charge in [-0.15, -0.1) is 0 Å². The highest BCUT2D eigenvalue weighted by molar-refractivity contribution is 5.33. The monoisotopic (exact) mass is 285 g/mol. The molecular formula is C18H23NO2. The van der Waals surface area contributed by atoms with E-state index < -0.39 is 0 Å². The lowest BCUT2D eigenvalue weighted by Crippen LogP contribution is -2.19. The van der Waals surface area contributed by atoms with Gasteiger partial charge in [-0.2, -0.15) is 0 Å². The molecule has 1 N–H and O–H groups in total. The first kappa shape index (κ1) is 15.5. The summed E-state index contributed by atoms with van der Waals surface area (Å²) in [6, 6.07) is 16.6. The summed E-state index contributed by atoms with van der Waals surface area (Å²) >= 11 is 0. The summed E-state index contributed by atoms with van der Waals surface area (Å²) in [5.74, 6) is 0.933. The van der Waals surface area contributed by atoms with Crippen molar-refractivity contribution in [1.82, 2.24) is 5.32 Å². The third-order valence-corrected chi connectivity index (χ3v) is 3.29. The number of ether oxygens (including phenoxy) is 2. The van der Waals surface area contributed by atoms with Crippen molar-refractivity contribution < 1.29 is 9.47 Å². The van der Waals surface area contributed by atoms with Crippen LogP contribution in [-0.2, 0) is 17.9 Å². The van der Waals surface area contributed by atoms with Crippen molar-refractivity contribution in [3.63, 3.8) is 0 Å². The maximum atomic E-state index is 5.95. The lowest BCUT2D eigenvalue weighted by atomic mass is 10.1. The van der Waals surface area contributed by atoms with Crippen LogP contribution in [0.15, 0.2) is 48.5 Å². The number of aryl methyl sites for hydroxylation is 1. The summed E-state index contributed by atoms with van der Waals surface area (Å²) in [4.78, 5) is 0. The van der Waals surface area contributed by atoms with Crippen LogP contribution in [0, 0.1) is 6.92 Å². The molecule has 0 fully saturated rings. The van der Waals surface area contributed by atoms with E-state index in [0.29, 0.717) is 13.2 Å². The summed E-state index contributed by atoms with van der Waals surface area (Å²) in [7, 11) is 1.71. The van der Waals surface area contributed by atoms with Crippen LogP contribution < -0.4 is 10.1 Å². The van der Waals surface area contributed by atoms with Crippen molar-refractivity contribution in [2.75, 3.05) is 20.3 Å². The van der Waals surface area contributed by atoms with Crippen molar-refractivity contribution in [2.45, 2.75) is 20.1 Å². The summed E-state index contributed by atoms with van der Waals surface area (Å²) in [5.41, 5.74) is 3.62. The van der Waals surface area contributed by atoms with Gasteiger partial charge in [-0.05, 0) is 18.6 Å². The molecule has 0 aliphatic carbocycles. The average Bonchev–Trinajstić information content (AvgIpc) is 2.52. The van der Waals surface area contributed by atoms with Crippen molar-refractivity contribution in [1.29, 1.82) is 0 Å². The third-order valence-electron chi connectivity index (χ3n) is 3.29. The van der Waals surface area contributed by atoms with Crippen molar-refractivity contribution >= 4 is 0 Å². The Bertz CT molecular complexity index is 537. The Labute approximate surface area is 126 Å². The zero-order valence-electron chi connectivity index (χ0n) is 12.8. The molecule has 0 atom stereocenters. The van der Waals surface area contributed by atoms with Crippen LogP contribution >= 0.6 is 0 Å². The van der Waals surface area contributed by atoms with Crippen LogP contribution in [0.5, 0.6) is 5.75 Å². The van der Waals surface area contributed by atoms with E-state index in [9.17, 15) is 0 Å². The van der Waals surface area contributed by atoms with Gasteiger partial charge in [-0.25, -0.2) is 0 Å². The highest BCUT2D eigenvalue weighted by Crippen LogP contribution is 2.19. The predicted octanol–water partition coefficient (Wildman–Crippen LogP) is 3.31. The van der Waals surface area contributed by atoms with Crippen molar-refractivity contribution in [3.8, 4) is 5.75 Å². The first-order chi connectivity index (χ1) is 10.3. The fraction of sp³-hybridized carbons (Fsp3) is 0.333. The summed E-state index contributed by atoms with van der Waals surface area (Å²) in [6.45, 7) is 5.02. The van der Waals surface area contributed by atoms with E-state index in [1.807, 2.05) is 18.2 Å². The molecule has 0 aliphatic heterocycles. The number of rotatable bonds is 8. The van der Waals surface area contributed by atoms with Gasteiger partial charge in [0.05, 0.1) is 6.61 Å². The van der Waals surface area contributed by atoms with Crippen LogP contribution in [0.2, 0.25) is 0 Å². The van der Waals surface area contributed by atoms with Crippen LogP contribution in [0.25, 0.3) is 0 Å². The minimum absolute atomic E-state index is 0.593. The van der Waals surface area contributed by atoms with Crippen molar-refractivity contribution in [3.05, 3.63) is 65.2 Å². The quantitative estimate of drug-likeness (QED) is 0.755. The lowest BCUT2D eigenvalue weighted by molar-refractivity contribution is 0.199. The molecule has 3 nitrogen and oxygen atoms in total. The van der Waals surface area contributed by atoms with Crippen molar-refractivity contribution in [2.24, 2.45) is 0 Å². The Morgan fingerprint density at radius 2 is 1.76 bits per heavy atom. The Balaban J connectivity index is 1.91.